The Kier molecular flexibility index (Phi) is 5.99. The van der Waals surface area contributed by atoms with E-state index in [1.54, 1.807) is 6.20 Å². The summed E-state index contributed by atoms with van der Waals surface area (Å²) in [4.78, 5) is 18.7. The van der Waals surface area contributed by atoms with E-state index in [0.717, 1.165) is 31.2 Å². The standard InChI is InChI=1S/C22H29N3O2/c1-22(2,3)27-21(26)24-19-9-10-20(23-16-19)25-13-11-18(12-14-25)15-17-7-5-4-6-8-17/h4-10,16,18H,11-15H2,1-3H3,(H,24,26). The molecular weight excluding hydrogens is 338 g/mol. The van der Waals surface area contributed by atoms with Crippen molar-refractivity contribution in [3.63, 3.8) is 0 Å². The molecule has 0 spiro atoms. The number of hydrogen-bond donors (Lipinski definition) is 1. The summed E-state index contributed by atoms with van der Waals surface area (Å²) >= 11 is 0. The van der Waals surface area contributed by atoms with Crippen LogP contribution in [0.1, 0.15) is 39.2 Å². The second-order valence-corrected chi connectivity index (χ2v) is 8.15. The molecule has 5 nitrogen and oxygen atoms in total. The molecule has 2 aromatic rings. The van der Waals surface area contributed by atoms with Crippen molar-refractivity contribution in [1.82, 2.24) is 4.98 Å². The predicted molar refractivity (Wildman–Crippen MR) is 109 cm³/mol. The molecule has 1 fully saturated rings. The van der Waals surface area contributed by atoms with Crippen LogP contribution in [0, 0.1) is 5.92 Å². The van der Waals surface area contributed by atoms with Crippen molar-refractivity contribution in [2.24, 2.45) is 5.92 Å². The number of benzene rings is 1. The molecule has 0 bridgehead atoms. The molecule has 144 valence electrons. The van der Waals surface area contributed by atoms with Gasteiger partial charge in [-0.2, -0.15) is 0 Å². The molecule has 1 saturated heterocycles. The van der Waals surface area contributed by atoms with Crippen LogP contribution in [-0.4, -0.2) is 29.8 Å². The van der Waals surface area contributed by atoms with Gasteiger partial charge in [0.05, 0.1) is 11.9 Å². The number of hydrogen-bond acceptors (Lipinski definition) is 4. The molecule has 3 rings (SSSR count). The van der Waals surface area contributed by atoms with E-state index in [9.17, 15) is 4.79 Å². The van der Waals surface area contributed by atoms with E-state index in [1.165, 1.54) is 18.4 Å². The van der Waals surface area contributed by atoms with Gasteiger partial charge in [-0.15, -0.1) is 0 Å². The van der Waals surface area contributed by atoms with E-state index < -0.39 is 11.7 Å². The second-order valence-electron chi connectivity index (χ2n) is 8.15. The highest BCUT2D eigenvalue weighted by atomic mass is 16.6. The molecule has 0 atom stereocenters. The number of carbonyl (C=O) groups is 1. The van der Waals surface area contributed by atoms with Gasteiger partial charge in [-0.05, 0) is 63.6 Å². The zero-order valence-corrected chi connectivity index (χ0v) is 16.4. The highest BCUT2D eigenvalue weighted by Crippen LogP contribution is 2.25. The maximum Gasteiger partial charge on any atom is 0.412 e. The van der Waals surface area contributed by atoms with Gasteiger partial charge in [-0.1, -0.05) is 30.3 Å². The largest absolute Gasteiger partial charge is 0.444 e. The number of pyridine rings is 1. The first-order valence-electron chi connectivity index (χ1n) is 9.64. The zero-order chi connectivity index (χ0) is 19.3. The third-order valence-electron chi connectivity index (χ3n) is 4.70. The molecule has 5 heteroatoms. The Bertz CT molecular complexity index is 730. The van der Waals surface area contributed by atoms with Gasteiger partial charge >= 0.3 is 6.09 Å². The summed E-state index contributed by atoms with van der Waals surface area (Å²) in [7, 11) is 0. The quantitative estimate of drug-likeness (QED) is 0.836. The van der Waals surface area contributed by atoms with Gasteiger partial charge in [-0.3, -0.25) is 5.32 Å². The number of carbonyl (C=O) groups excluding carboxylic acids is 1. The topological polar surface area (TPSA) is 54.5 Å². The minimum atomic E-state index is -0.512. The second kappa shape index (κ2) is 8.42. The molecule has 1 amide bonds. The number of nitrogens with zero attached hydrogens (tertiary/aromatic N) is 2. The van der Waals surface area contributed by atoms with Crippen molar-refractivity contribution in [3.8, 4) is 0 Å². The van der Waals surface area contributed by atoms with Crippen LogP contribution in [0.2, 0.25) is 0 Å². The van der Waals surface area contributed by atoms with E-state index >= 15 is 0 Å². The monoisotopic (exact) mass is 367 g/mol. The van der Waals surface area contributed by atoms with Gasteiger partial charge in [0.1, 0.15) is 11.4 Å². The van der Waals surface area contributed by atoms with E-state index in [4.69, 9.17) is 4.74 Å². The van der Waals surface area contributed by atoms with Gasteiger partial charge in [0.2, 0.25) is 0 Å². The zero-order valence-electron chi connectivity index (χ0n) is 16.4. The molecule has 27 heavy (non-hydrogen) atoms. The van der Waals surface area contributed by atoms with Crippen molar-refractivity contribution in [3.05, 3.63) is 54.2 Å². The number of nitrogens with one attached hydrogen (secondary N) is 1. The summed E-state index contributed by atoms with van der Waals surface area (Å²) in [5.74, 6) is 1.69. The Balaban J connectivity index is 1.49. The van der Waals surface area contributed by atoms with E-state index in [2.05, 4.69) is 45.5 Å². The van der Waals surface area contributed by atoms with Crippen LogP contribution in [0.3, 0.4) is 0 Å². The van der Waals surface area contributed by atoms with Gasteiger partial charge < -0.3 is 9.64 Å². The summed E-state index contributed by atoms with van der Waals surface area (Å²) in [6.07, 6.45) is 4.73. The fourth-order valence-electron chi connectivity index (χ4n) is 3.38. The minimum Gasteiger partial charge on any atom is -0.444 e. The predicted octanol–water partition coefficient (Wildman–Crippen LogP) is 4.89. The number of amides is 1. The highest BCUT2D eigenvalue weighted by molar-refractivity contribution is 5.84. The maximum atomic E-state index is 11.8. The van der Waals surface area contributed by atoms with Gasteiger partial charge in [0, 0.05) is 13.1 Å². The first-order valence-corrected chi connectivity index (χ1v) is 9.64. The Morgan fingerprint density at radius 1 is 1.15 bits per heavy atom. The van der Waals surface area contributed by atoms with Gasteiger partial charge in [0.25, 0.3) is 0 Å². The summed E-state index contributed by atoms with van der Waals surface area (Å²) < 4.78 is 5.26. The van der Waals surface area contributed by atoms with Crippen LogP contribution in [0.5, 0.6) is 0 Å². The van der Waals surface area contributed by atoms with Gasteiger partial charge in [-0.25, -0.2) is 9.78 Å². The first-order chi connectivity index (χ1) is 12.9. The van der Waals surface area contributed by atoms with E-state index in [-0.39, 0.29) is 0 Å². The van der Waals surface area contributed by atoms with Crippen LogP contribution in [0.15, 0.2) is 48.7 Å². The summed E-state index contributed by atoms with van der Waals surface area (Å²) in [6.45, 7) is 7.56. The molecule has 1 aliphatic rings. The van der Waals surface area contributed by atoms with E-state index in [0.29, 0.717) is 5.69 Å². The molecule has 0 aliphatic carbocycles. The third kappa shape index (κ3) is 5.98. The van der Waals surface area contributed by atoms with Crippen molar-refractivity contribution in [2.75, 3.05) is 23.3 Å². The van der Waals surface area contributed by atoms with Crippen LogP contribution >= 0.6 is 0 Å². The Morgan fingerprint density at radius 2 is 1.85 bits per heavy atom. The average Bonchev–Trinajstić information content (AvgIpc) is 2.62. The normalized spacial score (nSPS) is 15.4. The number of anilines is 2. The lowest BCUT2D eigenvalue weighted by atomic mass is 9.90. The Labute approximate surface area is 161 Å². The number of rotatable bonds is 4. The van der Waals surface area contributed by atoms with Crippen molar-refractivity contribution >= 4 is 17.6 Å². The summed E-state index contributed by atoms with van der Waals surface area (Å²) in [6, 6.07) is 14.6. The summed E-state index contributed by atoms with van der Waals surface area (Å²) in [5.41, 5.74) is 1.56. The lowest BCUT2D eigenvalue weighted by molar-refractivity contribution is 0.0636. The molecule has 0 radical (unpaired) electrons. The van der Waals surface area contributed by atoms with Crippen LogP contribution < -0.4 is 10.2 Å². The number of ether oxygens (including phenoxy) is 1. The molecule has 1 aromatic heterocycles. The van der Waals surface area contributed by atoms with Crippen molar-refractivity contribution in [1.29, 1.82) is 0 Å². The van der Waals surface area contributed by atoms with Crippen LogP contribution in [0.4, 0.5) is 16.3 Å². The summed E-state index contributed by atoms with van der Waals surface area (Å²) in [5, 5.41) is 2.72. The number of aromatic nitrogens is 1. The molecule has 1 aliphatic heterocycles. The molecule has 1 aromatic carbocycles. The Hall–Kier alpha value is -2.56. The first kappa shape index (κ1) is 19.2. The highest BCUT2D eigenvalue weighted by Gasteiger charge is 2.21. The molecule has 2 heterocycles. The van der Waals surface area contributed by atoms with Crippen LogP contribution in [-0.2, 0) is 11.2 Å². The molecule has 1 N–H and O–H groups in total. The van der Waals surface area contributed by atoms with Crippen molar-refractivity contribution < 1.29 is 9.53 Å². The Morgan fingerprint density at radius 3 is 2.44 bits per heavy atom. The molecule has 0 unspecified atom stereocenters. The SMILES string of the molecule is CC(C)(C)OC(=O)Nc1ccc(N2CCC(Cc3ccccc3)CC2)nc1. The van der Waals surface area contributed by atoms with Crippen molar-refractivity contribution in [2.45, 2.75) is 45.6 Å². The minimum absolute atomic E-state index is 0.459. The fourth-order valence-corrected chi connectivity index (χ4v) is 3.38. The maximum absolute atomic E-state index is 11.8. The third-order valence-corrected chi connectivity index (χ3v) is 4.70. The lowest BCUT2D eigenvalue weighted by Crippen LogP contribution is -2.34. The average molecular weight is 367 g/mol. The van der Waals surface area contributed by atoms with Gasteiger partial charge in [0.15, 0.2) is 0 Å². The molecular formula is C22H29N3O2. The fraction of sp³-hybridized carbons (Fsp3) is 0.455. The van der Waals surface area contributed by atoms with E-state index in [1.807, 2.05) is 32.9 Å². The number of piperidine rings is 1. The molecule has 0 saturated carbocycles. The lowest BCUT2D eigenvalue weighted by Gasteiger charge is -2.33. The van der Waals surface area contributed by atoms with Crippen LogP contribution in [0.25, 0.3) is 0 Å². The smallest absolute Gasteiger partial charge is 0.412 e.